The van der Waals surface area contributed by atoms with Crippen LogP contribution in [0, 0.1) is 25.6 Å². The molecule has 3 aliphatic rings. The minimum Gasteiger partial charge on any atom is -0.492 e. The molecule has 4 N–H and O–H groups in total. The van der Waals surface area contributed by atoms with Crippen molar-refractivity contribution in [3.63, 3.8) is 0 Å². The van der Waals surface area contributed by atoms with Crippen LogP contribution in [-0.4, -0.2) is 165 Å². The van der Waals surface area contributed by atoms with Crippen LogP contribution in [-0.2, 0) is 19.4 Å². The number of aryl methyl sites for hydroxylation is 1. The summed E-state index contributed by atoms with van der Waals surface area (Å²) < 4.78 is 46.7. The molecule has 78 heavy (non-hydrogen) atoms. The number of fused-ring (bicyclic) bond motifs is 1. The number of piperidine rings is 1. The van der Waals surface area contributed by atoms with Crippen molar-refractivity contribution in [1.82, 2.24) is 60.5 Å². The van der Waals surface area contributed by atoms with Gasteiger partial charge in [-0.25, -0.2) is 37.7 Å². The largest absolute Gasteiger partial charge is 0.492 e. The zero-order chi connectivity index (χ0) is 55.5. The Balaban J connectivity index is 0.770. The summed E-state index contributed by atoms with van der Waals surface area (Å²) in [7, 11) is -2.17. The van der Waals surface area contributed by atoms with E-state index in [2.05, 4.69) is 60.9 Å². The molecule has 3 saturated heterocycles. The number of nitrogens with zero attached hydrogens (tertiary/aromatic N) is 10. The Morgan fingerprint density at radius 2 is 1.63 bits per heavy atom. The van der Waals surface area contributed by atoms with Gasteiger partial charge in [-0.05, 0) is 117 Å². The van der Waals surface area contributed by atoms with Crippen LogP contribution < -0.4 is 25.6 Å². The summed E-state index contributed by atoms with van der Waals surface area (Å²) in [6.07, 6.45) is 7.50. The zero-order valence-corrected chi connectivity index (χ0v) is 46.6. The van der Waals surface area contributed by atoms with Gasteiger partial charge in [0.15, 0.2) is 15.7 Å². The van der Waals surface area contributed by atoms with Crippen molar-refractivity contribution in [1.29, 1.82) is 0 Å². The number of ketones is 1. The van der Waals surface area contributed by atoms with Crippen LogP contribution in [0.1, 0.15) is 109 Å². The van der Waals surface area contributed by atoms with Gasteiger partial charge in [-0.15, -0.1) is 11.3 Å². The van der Waals surface area contributed by atoms with E-state index in [1.54, 1.807) is 74.4 Å². The van der Waals surface area contributed by atoms with Crippen LogP contribution in [0.25, 0.3) is 10.9 Å². The van der Waals surface area contributed by atoms with Crippen LogP contribution in [0.5, 0.6) is 5.75 Å². The van der Waals surface area contributed by atoms with Gasteiger partial charge >= 0.3 is 0 Å². The molecule has 24 heteroatoms. The van der Waals surface area contributed by atoms with E-state index >= 15 is 0 Å². The fraction of sp³-hybridized carbons (Fsp3) is 0.481. The molecule has 0 spiro atoms. The first-order chi connectivity index (χ1) is 37.3. The molecule has 6 aromatic rings. The fourth-order valence-electron chi connectivity index (χ4n) is 9.94. The predicted molar refractivity (Wildman–Crippen MR) is 293 cm³/mol. The number of sulfone groups is 1. The highest BCUT2D eigenvalue weighted by Crippen LogP contribution is 2.39. The number of H-pyrrole nitrogens is 1. The molecular weight excluding hydrogens is 1040 g/mol. The van der Waals surface area contributed by atoms with Gasteiger partial charge in [-0.2, -0.15) is 5.10 Å². The summed E-state index contributed by atoms with van der Waals surface area (Å²) in [5.74, 6) is 0.00116. The molecule has 3 fully saturated rings. The van der Waals surface area contributed by atoms with Crippen molar-refractivity contribution in [3.05, 3.63) is 99.4 Å². The summed E-state index contributed by atoms with van der Waals surface area (Å²) >= 11 is 1.30. The number of thiazole rings is 1. The third kappa shape index (κ3) is 12.0. The number of aromatic nitrogens is 7. The summed E-state index contributed by atoms with van der Waals surface area (Å²) in [5.41, 5.74) is 3.24. The van der Waals surface area contributed by atoms with E-state index in [4.69, 9.17) is 4.74 Å². The van der Waals surface area contributed by atoms with Gasteiger partial charge in [0, 0.05) is 98.4 Å². The van der Waals surface area contributed by atoms with E-state index in [1.165, 1.54) is 41.9 Å². The second kappa shape index (κ2) is 23.5. The number of carbonyl (C=O) groups is 4. The van der Waals surface area contributed by atoms with Crippen LogP contribution in [0.3, 0.4) is 0 Å². The Morgan fingerprint density at radius 3 is 2.29 bits per heavy atom. The van der Waals surface area contributed by atoms with E-state index in [1.807, 2.05) is 13.8 Å². The number of piperazine rings is 1. The molecule has 2 unspecified atom stereocenters. The number of aromatic amines is 1. The zero-order valence-electron chi connectivity index (χ0n) is 45.0. The number of ether oxygens (including phenoxy) is 1. The SMILES string of the molecule is CNC(C)C(=O)NC(C(=O)N1CCC[C@H]1c1nc(C(=O)c2ccc(F)cc2)cs1)C1CCN(C(=O)c2cnc(N3CCN(CCCOc4cc5ncnc(Nc6n[nH]c(C)c6C)c5cc4S(=O)(=O)C(C)(C)C)CC3)nc2)CC1. The third-order valence-electron chi connectivity index (χ3n) is 15.1. The highest BCUT2D eigenvalue weighted by molar-refractivity contribution is 7.92. The molecule has 0 radical (unpaired) electrons. The lowest BCUT2D eigenvalue weighted by atomic mass is 9.87. The standard InChI is InChI=1S/C54H67FN14O7S2/c1-32-33(2)64-65-47(32)63-48-39-26-44(78(74,75)54(4,5)6)43(27-40(39)59-31-60-48)76-25-9-17-66-21-23-68(24-22-66)53-57-28-37(29-58-53)51(72)67-19-15-35(16-20-67)45(62-49(71)34(3)56-7)52(73)69-18-8-10-42(69)50-61-41(30-77-50)46(70)36-11-13-38(55)14-12-36/h11-14,26-31,34-35,42,45,56H,8-10,15-25H2,1-7H3,(H,62,71)(H2,59,60,63,64,65)/t34?,42-,45?/m0/s1. The summed E-state index contributed by atoms with van der Waals surface area (Å²) in [5, 5.41) is 19.3. The average molecular weight is 1110 g/mol. The number of hydrogen-bond acceptors (Lipinski definition) is 18. The van der Waals surface area contributed by atoms with E-state index in [9.17, 15) is 32.0 Å². The van der Waals surface area contributed by atoms with Gasteiger partial charge in [0.25, 0.3) is 5.91 Å². The lowest BCUT2D eigenvalue weighted by molar-refractivity contribution is -0.139. The second-order valence-corrected chi connectivity index (χ2v) is 24.7. The first-order valence-corrected chi connectivity index (χ1v) is 28.7. The Labute approximate surface area is 457 Å². The topological polar surface area (TPSA) is 254 Å². The van der Waals surface area contributed by atoms with E-state index in [0.717, 1.165) is 37.3 Å². The molecule has 3 atom stereocenters. The molecule has 9 rings (SSSR count). The van der Waals surface area contributed by atoms with Gasteiger partial charge in [-0.3, -0.25) is 29.2 Å². The summed E-state index contributed by atoms with van der Waals surface area (Å²) in [6, 6.07) is 6.78. The molecule has 21 nitrogen and oxygen atoms in total. The maximum Gasteiger partial charge on any atom is 0.256 e. The quantitative estimate of drug-likeness (QED) is 0.0586. The minimum atomic E-state index is -3.84. The molecule has 2 aromatic carbocycles. The predicted octanol–water partition coefficient (Wildman–Crippen LogP) is 5.80. The van der Waals surface area contributed by atoms with Crippen LogP contribution in [0.15, 0.2) is 65.4 Å². The number of likely N-dealkylation sites (N-methyl/N-ethyl adjacent to an activating group) is 1. The molecule has 7 heterocycles. The molecule has 3 amide bonds. The summed E-state index contributed by atoms with van der Waals surface area (Å²) in [4.78, 5) is 85.6. The molecule has 3 aliphatic heterocycles. The first-order valence-electron chi connectivity index (χ1n) is 26.4. The minimum absolute atomic E-state index is 0.0686. The van der Waals surface area contributed by atoms with Gasteiger partial charge in [0.1, 0.15) is 45.4 Å². The number of amides is 3. The highest BCUT2D eigenvalue weighted by Gasteiger charge is 2.42. The summed E-state index contributed by atoms with van der Waals surface area (Å²) in [6.45, 7) is 15.6. The van der Waals surface area contributed by atoms with Gasteiger partial charge in [-0.1, -0.05) is 0 Å². The number of anilines is 3. The highest BCUT2D eigenvalue weighted by atomic mass is 32.2. The average Bonchev–Trinajstić information content (AvgIpc) is 4.26. The Hall–Kier alpha value is -7.02. The maximum atomic E-state index is 14.6. The normalized spacial score (nSPS) is 17.5. The number of nitrogens with one attached hydrogen (secondary N) is 4. The number of likely N-dealkylation sites (tertiary alicyclic amines) is 2. The number of halogens is 1. The van der Waals surface area contributed by atoms with E-state index in [-0.39, 0.29) is 58.4 Å². The molecule has 4 aromatic heterocycles. The Bertz CT molecular complexity index is 3260. The fourth-order valence-corrected chi connectivity index (χ4v) is 12.2. The van der Waals surface area contributed by atoms with Gasteiger partial charge < -0.3 is 35.4 Å². The molecule has 0 aliphatic carbocycles. The Kier molecular flexibility index (Phi) is 16.8. The third-order valence-corrected chi connectivity index (χ3v) is 18.5. The smallest absolute Gasteiger partial charge is 0.256 e. The number of benzene rings is 2. The van der Waals surface area contributed by atoms with E-state index in [0.29, 0.717) is 103 Å². The van der Waals surface area contributed by atoms with Crippen molar-refractivity contribution < 1.29 is 36.7 Å². The molecular formula is C54H67FN14O7S2. The maximum absolute atomic E-state index is 14.6. The molecule has 414 valence electrons. The van der Waals surface area contributed by atoms with Gasteiger partial charge in [0.05, 0.1) is 34.5 Å². The van der Waals surface area contributed by atoms with Crippen LogP contribution in [0.2, 0.25) is 0 Å². The van der Waals surface area contributed by atoms with Crippen molar-refractivity contribution in [2.24, 2.45) is 5.92 Å². The molecule has 0 saturated carbocycles. The first kappa shape index (κ1) is 55.7. The lowest BCUT2D eigenvalue weighted by Crippen LogP contribution is -2.57. The van der Waals surface area contributed by atoms with Crippen molar-refractivity contribution in [2.75, 3.05) is 76.2 Å². The second-order valence-electron chi connectivity index (χ2n) is 21.1. The monoisotopic (exact) mass is 1110 g/mol. The number of hydrogen-bond donors (Lipinski definition) is 4. The van der Waals surface area contributed by atoms with Crippen LogP contribution in [0.4, 0.5) is 22.0 Å². The van der Waals surface area contributed by atoms with Gasteiger partial charge in [0.2, 0.25) is 23.5 Å². The molecule has 0 bridgehead atoms. The van der Waals surface area contributed by atoms with Crippen molar-refractivity contribution >= 4 is 73.2 Å². The Morgan fingerprint density at radius 1 is 0.910 bits per heavy atom. The number of carbonyl (C=O) groups excluding carboxylic acids is 4. The van der Waals surface area contributed by atoms with Crippen molar-refractivity contribution in [2.45, 2.75) is 101 Å². The lowest BCUT2D eigenvalue weighted by Gasteiger charge is -2.38. The van der Waals surface area contributed by atoms with E-state index < -0.39 is 32.5 Å². The number of rotatable bonds is 18. The van der Waals surface area contributed by atoms with Crippen LogP contribution >= 0.6 is 11.3 Å². The van der Waals surface area contributed by atoms with Crippen molar-refractivity contribution in [3.8, 4) is 5.75 Å².